The molecule has 0 amide bonds. The van der Waals surface area contributed by atoms with E-state index in [1.807, 2.05) is 0 Å². The van der Waals surface area contributed by atoms with Crippen molar-refractivity contribution in [3.05, 3.63) is 0 Å². The van der Waals surface area contributed by atoms with Gasteiger partial charge in [-0.15, -0.1) is 0 Å². The minimum atomic E-state index is -0.682. The standard InChI is InChI=1S/C5H12O2Si.C4H12N/c6-5(8)3-1-2-4-7-5;1-5(2,3)4/h6H,1-4H2,8H3;1-4H3/q;+1. The zero-order chi connectivity index (χ0) is 10.5. The summed E-state index contributed by atoms with van der Waals surface area (Å²) in [5.74, 6) is 0. The second-order valence-corrected chi connectivity index (χ2v) is 6.73. The van der Waals surface area contributed by atoms with Crippen LogP contribution in [0.4, 0.5) is 0 Å². The lowest BCUT2D eigenvalue weighted by Crippen LogP contribution is -2.36. The first kappa shape index (κ1) is 13.1. The Balaban J connectivity index is 0.000000252. The van der Waals surface area contributed by atoms with E-state index in [9.17, 15) is 5.11 Å². The molecule has 4 heteroatoms. The van der Waals surface area contributed by atoms with Gasteiger partial charge in [-0.05, 0) is 19.3 Å². The number of aliphatic hydroxyl groups is 1. The Bertz CT molecular complexity index is 129. The van der Waals surface area contributed by atoms with Crippen LogP contribution in [0.15, 0.2) is 0 Å². The number of rotatable bonds is 0. The van der Waals surface area contributed by atoms with Crippen molar-refractivity contribution in [1.29, 1.82) is 0 Å². The molecule has 1 heterocycles. The smallest absolute Gasteiger partial charge is 0.138 e. The third-order valence-electron chi connectivity index (χ3n) is 1.45. The molecule has 1 aliphatic rings. The van der Waals surface area contributed by atoms with E-state index in [0.29, 0.717) is 0 Å². The van der Waals surface area contributed by atoms with Gasteiger partial charge in [0.2, 0.25) is 0 Å². The van der Waals surface area contributed by atoms with Crippen LogP contribution < -0.4 is 0 Å². The van der Waals surface area contributed by atoms with Crippen LogP contribution >= 0.6 is 0 Å². The SMILES string of the molecule is C[N+](C)(C)C.OC1([SiH3])CCCCO1. The van der Waals surface area contributed by atoms with Crippen LogP contribution in [0.1, 0.15) is 19.3 Å². The Morgan fingerprint density at radius 2 is 1.69 bits per heavy atom. The highest BCUT2D eigenvalue weighted by atomic mass is 28.1. The molecule has 0 radical (unpaired) electrons. The quantitative estimate of drug-likeness (QED) is 0.428. The number of quaternary nitrogens is 1. The predicted molar refractivity (Wildman–Crippen MR) is 58.6 cm³/mol. The van der Waals surface area contributed by atoms with E-state index in [0.717, 1.165) is 40.6 Å². The topological polar surface area (TPSA) is 29.5 Å². The molecular formula is C9H24NO2Si+. The maximum absolute atomic E-state index is 9.21. The summed E-state index contributed by atoms with van der Waals surface area (Å²) in [5.41, 5.74) is -0.682. The number of ether oxygens (including phenoxy) is 1. The first-order chi connectivity index (χ1) is 5.71. The molecule has 1 rings (SSSR count). The molecule has 1 N–H and O–H groups in total. The molecule has 1 saturated heterocycles. The fourth-order valence-electron chi connectivity index (χ4n) is 0.919. The molecule has 1 unspecified atom stereocenters. The Morgan fingerprint density at radius 1 is 1.23 bits per heavy atom. The molecule has 0 spiro atoms. The summed E-state index contributed by atoms with van der Waals surface area (Å²) < 4.78 is 6.08. The molecule has 1 fully saturated rings. The largest absolute Gasteiger partial charge is 0.370 e. The van der Waals surface area contributed by atoms with Gasteiger partial charge >= 0.3 is 0 Å². The van der Waals surface area contributed by atoms with Gasteiger partial charge in [0.25, 0.3) is 0 Å². The lowest BCUT2D eigenvalue weighted by molar-refractivity contribution is -0.849. The predicted octanol–water partition coefficient (Wildman–Crippen LogP) is -0.479. The van der Waals surface area contributed by atoms with Crippen molar-refractivity contribution in [3.8, 4) is 0 Å². The summed E-state index contributed by atoms with van der Waals surface area (Å²) in [6, 6.07) is 0. The third kappa shape index (κ3) is 12.1. The van der Waals surface area contributed by atoms with Crippen LogP contribution in [0.25, 0.3) is 0 Å². The van der Waals surface area contributed by atoms with E-state index < -0.39 is 5.41 Å². The van der Waals surface area contributed by atoms with Crippen molar-refractivity contribution < 1.29 is 14.3 Å². The van der Waals surface area contributed by atoms with Gasteiger partial charge in [-0.2, -0.15) is 0 Å². The Hall–Kier alpha value is 0.0969. The molecule has 0 aromatic heterocycles. The lowest BCUT2D eigenvalue weighted by Gasteiger charge is -2.28. The highest BCUT2D eigenvalue weighted by Gasteiger charge is 2.22. The maximum Gasteiger partial charge on any atom is 0.138 e. The first-order valence-corrected chi connectivity index (χ1v) is 5.86. The zero-order valence-electron chi connectivity index (χ0n) is 9.63. The van der Waals surface area contributed by atoms with E-state index in [1.54, 1.807) is 0 Å². The molecule has 0 bridgehead atoms. The molecule has 1 atom stereocenters. The molecule has 0 aliphatic carbocycles. The highest BCUT2D eigenvalue weighted by Crippen LogP contribution is 2.17. The molecule has 80 valence electrons. The van der Waals surface area contributed by atoms with Gasteiger partial charge in [0.1, 0.15) is 5.41 Å². The van der Waals surface area contributed by atoms with Crippen LogP contribution in [-0.4, -0.2) is 60.0 Å². The van der Waals surface area contributed by atoms with Crippen LogP contribution in [-0.2, 0) is 4.74 Å². The van der Waals surface area contributed by atoms with E-state index in [1.165, 1.54) is 0 Å². The van der Waals surface area contributed by atoms with E-state index in [2.05, 4.69) is 28.2 Å². The van der Waals surface area contributed by atoms with Gasteiger partial charge in [0.15, 0.2) is 0 Å². The minimum absolute atomic E-state index is 0.682. The Morgan fingerprint density at radius 3 is 1.85 bits per heavy atom. The van der Waals surface area contributed by atoms with Crippen LogP contribution in [0.5, 0.6) is 0 Å². The first-order valence-electron chi connectivity index (χ1n) is 4.86. The molecule has 3 nitrogen and oxygen atoms in total. The van der Waals surface area contributed by atoms with E-state index in [-0.39, 0.29) is 0 Å². The molecule has 0 aromatic carbocycles. The molecule has 0 saturated carbocycles. The monoisotopic (exact) mass is 206 g/mol. The Labute approximate surface area is 84.7 Å². The molecule has 1 aliphatic heterocycles. The number of hydrogen-bond donors (Lipinski definition) is 1. The molecule has 13 heavy (non-hydrogen) atoms. The summed E-state index contributed by atoms with van der Waals surface area (Å²) in [7, 11) is 9.24. The van der Waals surface area contributed by atoms with E-state index >= 15 is 0 Å². The summed E-state index contributed by atoms with van der Waals surface area (Å²) >= 11 is 0. The van der Waals surface area contributed by atoms with E-state index in [4.69, 9.17) is 4.74 Å². The Kier molecular flexibility index (Phi) is 5.13. The fourth-order valence-corrected chi connectivity index (χ4v) is 1.48. The lowest BCUT2D eigenvalue weighted by atomic mass is 10.2. The summed E-state index contributed by atoms with van der Waals surface area (Å²) in [4.78, 5) is 0. The van der Waals surface area contributed by atoms with Crippen LogP contribution in [0, 0.1) is 0 Å². The molecular weight excluding hydrogens is 182 g/mol. The summed E-state index contributed by atoms with van der Waals surface area (Å²) in [6.45, 7) is 0.750. The van der Waals surface area contributed by atoms with Crippen molar-refractivity contribution in [3.63, 3.8) is 0 Å². The van der Waals surface area contributed by atoms with Gasteiger partial charge in [-0.1, -0.05) is 0 Å². The average molecular weight is 206 g/mol. The van der Waals surface area contributed by atoms with Crippen LogP contribution in [0.2, 0.25) is 0 Å². The van der Waals surface area contributed by atoms with Gasteiger partial charge < -0.3 is 14.3 Å². The minimum Gasteiger partial charge on any atom is -0.370 e. The number of hydrogen-bond acceptors (Lipinski definition) is 2. The van der Waals surface area contributed by atoms with Crippen LogP contribution in [0.3, 0.4) is 0 Å². The summed E-state index contributed by atoms with van der Waals surface area (Å²) in [6.07, 6.45) is 3.09. The normalized spacial score (nSPS) is 29.3. The van der Waals surface area contributed by atoms with Gasteiger partial charge in [0.05, 0.1) is 38.4 Å². The van der Waals surface area contributed by atoms with Crippen molar-refractivity contribution >= 4 is 10.2 Å². The summed E-state index contributed by atoms with van der Waals surface area (Å²) in [5, 5.41) is 9.21. The number of nitrogens with zero attached hydrogens (tertiary/aromatic N) is 1. The van der Waals surface area contributed by atoms with Gasteiger partial charge in [0, 0.05) is 6.61 Å². The second-order valence-electron chi connectivity index (χ2n) is 5.16. The third-order valence-corrected chi connectivity index (χ3v) is 2.24. The molecule has 0 aromatic rings. The maximum atomic E-state index is 9.21. The fraction of sp³-hybridized carbons (Fsp3) is 1.00. The van der Waals surface area contributed by atoms with Crippen molar-refractivity contribution in [2.24, 2.45) is 0 Å². The average Bonchev–Trinajstić information content (AvgIpc) is 1.82. The van der Waals surface area contributed by atoms with Crippen molar-refractivity contribution in [2.45, 2.75) is 24.7 Å². The van der Waals surface area contributed by atoms with Gasteiger partial charge in [-0.25, -0.2) is 0 Å². The van der Waals surface area contributed by atoms with Crippen molar-refractivity contribution in [1.82, 2.24) is 0 Å². The zero-order valence-corrected chi connectivity index (χ0v) is 11.6. The second kappa shape index (κ2) is 5.10. The van der Waals surface area contributed by atoms with Crippen molar-refractivity contribution in [2.75, 3.05) is 34.8 Å². The van der Waals surface area contributed by atoms with Gasteiger partial charge in [-0.3, -0.25) is 0 Å². The highest BCUT2D eigenvalue weighted by molar-refractivity contribution is 6.13.